The Hall–Kier alpha value is -4.59. The zero-order valence-electron chi connectivity index (χ0n) is 19.3. The summed E-state index contributed by atoms with van der Waals surface area (Å²) in [6, 6.07) is 22.0. The minimum atomic E-state index is -0.338. The Kier molecular flexibility index (Phi) is 5.93. The van der Waals surface area contributed by atoms with Gasteiger partial charge >= 0.3 is 0 Å². The van der Waals surface area contributed by atoms with E-state index in [2.05, 4.69) is 20.4 Å². The molecule has 0 aliphatic carbocycles. The van der Waals surface area contributed by atoms with Gasteiger partial charge in [-0.1, -0.05) is 59.3 Å². The lowest BCUT2D eigenvalue weighted by molar-refractivity contribution is -0.122. The molecule has 1 atom stereocenters. The molecule has 8 nitrogen and oxygen atoms in total. The summed E-state index contributed by atoms with van der Waals surface area (Å²) in [4.78, 5) is 34.7. The number of aryl methyl sites for hydroxylation is 1. The van der Waals surface area contributed by atoms with Gasteiger partial charge in [-0.3, -0.25) is 19.1 Å². The maximum absolute atomic E-state index is 13.1. The lowest BCUT2D eigenvalue weighted by atomic mass is 10.1. The molecule has 5 rings (SSSR count). The number of amides is 1. The fourth-order valence-electron chi connectivity index (χ4n) is 3.98. The molecular weight excluding hydrogens is 442 g/mol. The normalized spacial score (nSPS) is 11.9. The van der Waals surface area contributed by atoms with Gasteiger partial charge in [0.1, 0.15) is 12.2 Å². The summed E-state index contributed by atoms with van der Waals surface area (Å²) in [6.07, 6.45) is 1.65. The molecule has 1 amide bonds. The molecule has 0 fully saturated rings. The molecule has 0 bridgehead atoms. The quantitative estimate of drug-likeness (QED) is 0.401. The molecule has 8 heteroatoms. The highest BCUT2D eigenvalue weighted by molar-refractivity contribution is 5.93. The van der Waals surface area contributed by atoms with E-state index < -0.39 is 0 Å². The van der Waals surface area contributed by atoms with E-state index in [1.165, 1.54) is 10.6 Å². The molecule has 1 unspecified atom stereocenters. The molecule has 0 spiro atoms. The number of benzene rings is 2. The number of nitrogens with zero attached hydrogens (tertiary/aromatic N) is 4. The summed E-state index contributed by atoms with van der Waals surface area (Å²) in [5, 5.41) is 7.72. The first-order valence-corrected chi connectivity index (χ1v) is 11.2. The molecule has 35 heavy (non-hydrogen) atoms. The van der Waals surface area contributed by atoms with Crippen LogP contribution < -0.4 is 10.9 Å². The van der Waals surface area contributed by atoms with Crippen LogP contribution in [0.3, 0.4) is 0 Å². The van der Waals surface area contributed by atoms with Gasteiger partial charge in [0.2, 0.25) is 11.7 Å². The second-order valence-electron chi connectivity index (χ2n) is 8.34. The van der Waals surface area contributed by atoms with Crippen molar-refractivity contribution in [3.63, 3.8) is 0 Å². The number of carbonyl (C=O) groups is 1. The molecule has 5 aromatic rings. The molecule has 0 saturated heterocycles. The summed E-state index contributed by atoms with van der Waals surface area (Å²) in [7, 11) is 0. The van der Waals surface area contributed by atoms with Crippen molar-refractivity contribution in [3.05, 3.63) is 100 Å². The number of carbonyl (C=O) groups excluding carboxylic acids is 1. The summed E-state index contributed by atoms with van der Waals surface area (Å²) in [5.74, 6) is 0.287. The van der Waals surface area contributed by atoms with Crippen LogP contribution in [0.15, 0.2) is 88.3 Å². The van der Waals surface area contributed by atoms with Crippen molar-refractivity contribution in [2.24, 2.45) is 0 Å². The van der Waals surface area contributed by atoms with Gasteiger partial charge in [-0.25, -0.2) is 0 Å². The average molecular weight is 466 g/mol. The van der Waals surface area contributed by atoms with E-state index in [1.54, 1.807) is 24.4 Å². The number of hydrogen-bond acceptors (Lipinski definition) is 6. The predicted octanol–water partition coefficient (Wildman–Crippen LogP) is 4.30. The Bertz CT molecular complexity index is 1560. The molecular formula is C27H23N5O3. The SMILES string of the molecule is Cc1ccc(C(C)NC(=O)Cn2c(=O)cc(-c3nc(-c4ccccn4)no3)c3ccccc32)cc1. The summed E-state index contributed by atoms with van der Waals surface area (Å²) in [6.45, 7) is 3.82. The second kappa shape index (κ2) is 9.34. The van der Waals surface area contributed by atoms with Gasteiger partial charge in [-0.05, 0) is 37.6 Å². The summed E-state index contributed by atoms with van der Waals surface area (Å²) in [5.41, 5.74) is 3.49. The zero-order chi connectivity index (χ0) is 24.4. The summed E-state index contributed by atoms with van der Waals surface area (Å²) < 4.78 is 6.92. The van der Waals surface area contributed by atoms with Crippen LogP contribution in [0.4, 0.5) is 0 Å². The fourth-order valence-corrected chi connectivity index (χ4v) is 3.98. The monoisotopic (exact) mass is 465 g/mol. The van der Waals surface area contributed by atoms with Gasteiger partial charge in [0, 0.05) is 17.6 Å². The number of rotatable bonds is 6. The molecule has 174 valence electrons. The van der Waals surface area contributed by atoms with Crippen LogP contribution in [0.1, 0.15) is 24.1 Å². The fraction of sp³-hybridized carbons (Fsp3) is 0.148. The van der Waals surface area contributed by atoms with E-state index in [0.717, 1.165) is 16.5 Å². The van der Waals surface area contributed by atoms with Gasteiger partial charge in [0.25, 0.3) is 11.4 Å². The third-order valence-corrected chi connectivity index (χ3v) is 5.83. The Balaban J connectivity index is 1.45. The third-order valence-electron chi connectivity index (χ3n) is 5.83. The van der Waals surface area contributed by atoms with E-state index in [-0.39, 0.29) is 29.9 Å². The summed E-state index contributed by atoms with van der Waals surface area (Å²) >= 11 is 0. The van der Waals surface area contributed by atoms with Gasteiger partial charge < -0.3 is 9.84 Å². The topological polar surface area (TPSA) is 103 Å². The van der Waals surface area contributed by atoms with E-state index in [4.69, 9.17) is 4.52 Å². The van der Waals surface area contributed by atoms with Crippen LogP contribution in [0.5, 0.6) is 0 Å². The highest BCUT2D eigenvalue weighted by atomic mass is 16.5. The van der Waals surface area contributed by atoms with E-state index in [1.807, 2.05) is 62.4 Å². The standard InChI is InChI=1S/C27H23N5O3/c1-17-10-12-19(13-11-17)18(2)29-24(33)16-32-23-9-4-3-7-20(23)21(15-25(32)34)27-30-26(31-35-27)22-8-5-6-14-28-22/h3-15,18H,16H2,1-2H3,(H,29,33). The van der Waals surface area contributed by atoms with Crippen molar-refractivity contribution in [3.8, 4) is 23.0 Å². The Morgan fingerprint density at radius 2 is 1.83 bits per heavy atom. The van der Waals surface area contributed by atoms with Crippen LogP contribution in [-0.4, -0.2) is 25.6 Å². The Morgan fingerprint density at radius 1 is 1.06 bits per heavy atom. The van der Waals surface area contributed by atoms with Crippen molar-refractivity contribution in [2.75, 3.05) is 0 Å². The van der Waals surface area contributed by atoms with E-state index in [0.29, 0.717) is 22.6 Å². The minimum absolute atomic E-state index is 0.112. The lowest BCUT2D eigenvalue weighted by Gasteiger charge is -2.16. The first kappa shape index (κ1) is 22.2. The van der Waals surface area contributed by atoms with Gasteiger partial charge in [-0.15, -0.1) is 0 Å². The maximum Gasteiger partial charge on any atom is 0.259 e. The van der Waals surface area contributed by atoms with Crippen molar-refractivity contribution in [1.82, 2.24) is 25.0 Å². The molecule has 3 heterocycles. The molecule has 1 N–H and O–H groups in total. The molecule has 0 aliphatic heterocycles. The van der Waals surface area contributed by atoms with Crippen LogP contribution in [-0.2, 0) is 11.3 Å². The molecule has 3 aromatic heterocycles. The van der Waals surface area contributed by atoms with Crippen LogP contribution in [0, 0.1) is 6.92 Å². The number of para-hydroxylation sites is 1. The van der Waals surface area contributed by atoms with Crippen LogP contribution in [0.2, 0.25) is 0 Å². The van der Waals surface area contributed by atoms with Gasteiger partial charge in [0.15, 0.2) is 0 Å². The van der Waals surface area contributed by atoms with Crippen LogP contribution in [0.25, 0.3) is 33.9 Å². The third kappa shape index (κ3) is 4.59. The Labute approximate surface area is 201 Å². The van der Waals surface area contributed by atoms with Crippen molar-refractivity contribution >= 4 is 16.8 Å². The van der Waals surface area contributed by atoms with Crippen LogP contribution >= 0.6 is 0 Å². The highest BCUT2D eigenvalue weighted by Crippen LogP contribution is 2.27. The second-order valence-corrected chi connectivity index (χ2v) is 8.34. The molecule has 0 aliphatic rings. The smallest absolute Gasteiger partial charge is 0.259 e. The molecule has 0 saturated carbocycles. The Morgan fingerprint density at radius 3 is 2.60 bits per heavy atom. The number of fused-ring (bicyclic) bond motifs is 1. The highest BCUT2D eigenvalue weighted by Gasteiger charge is 2.18. The van der Waals surface area contributed by atoms with E-state index in [9.17, 15) is 9.59 Å². The van der Waals surface area contributed by atoms with Crippen molar-refractivity contribution in [1.29, 1.82) is 0 Å². The average Bonchev–Trinajstić information content (AvgIpc) is 3.37. The number of pyridine rings is 2. The maximum atomic E-state index is 13.1. The zero-order valence-corrected chi connectivity index (χ0v) is 19.3. The number of hydrogen-bond donors (Lipinski definition) is 1. The van der Waals surface area contributed by atoms with E-state index >= 15 is 0 Å². The molecule has 2 aromatic carbocycles. The number of nitrogens with one attached hydrogen (secondary N) is 1. The first-order chi connectivity index (χ1) is 17.0. The van der Waals surface area contributed by atoms with Gasteiger partial charge in [0.05, 0.1) is 17.1 Å². The predicted molar refractivity (Wildman–Crippen MR) is 132 cm³/mol. The minimum Gasteiger partial charge on any atom is -0.348 e. The molecule has 0 radical (unpaired) electrons. The van der Waals surface area contributed by atoms with Gasteiger partial charge in [-0.2, -0.15) is 4.98 Å². The van der Waals surface area contributed by atoms with Crippen molar-refractivity contribution < 1.29 is 9.32 Å². The largest absolute Gasteiger partial charge is 0.348 e. The van der Waals surface area contributed by atoms with Crippen molar-refractivity contribution in [2.45, 2.75) is 26.4 Å². The lowest BCUT2D eigenvalue weighted by Crippen LogP contribution is -2.34. The number of aromatic nitrogens is 4. The first-order valence-electron chi connectivity index (χ1n) is 11.2.